The van der Waals surface area contributed by atoms with Crippen molar-refractivity contribution < 1.29 is 26.1 Å². The molecule has 2 heterocycles. The number of rotatable bonds is 7. The summed E-state index contributed by atoms with van der Waals surface area (Å²) in [7, 11) is -4.01. The van der Waals surface area contributed by atoms with Crippen molar-refractivity contribution in [3.8, 4) is 0 Å². The molecular weight excluding hydrogens is 464 g/mol. The molecule has 1 aliphatic rings. The predicted octanol–water partition coefficient (Wildman–Crippen LogP) is 4.05. The first-order chi connectivity index (χ1) is 16.3. The topological polar surface area (TPSA) is 83.3 Å². The maximum absolute atomic E-state index is 14.7. The first-order valence-corrected chi connectivity index (χ1v) is 12.1. The second kappa shape index (κ2) is 8.86. The minimum atomic E-state index is -4.01. The first-order valence-electron chi connectivity index (χ1n) is 10.6. The van der Waals surface area contributed by atoms with Crippen LogP contribution in [0.4, 0.5) is 8.78 Å². The molecule has 2 atom stereocenters. The smallest absolute Gasteiger partial charge is 0.297 e. The van der Waals surface area contributed by atoms with Crippen LogP contribution < -0.4 is 0 Å². The normalized spacial score (nSPS) is 20.7. The second-order valence-electron chi connectivity index (χ2n) is 8.34. The summed E-state index contributed by atoms with van der Waals surface area (Å²) in [5.74, 6) is -1.79. The lowest BCUT2D eigenvalue weighted by Crippen LogP contribution is -2.32. The van der Waals surface area contributed by atoms with E-state index >= 15 is 0 Å². The Kier molecular flexibility index (Phi) is 5.88. The number of hydrogen-bond acceptors (Lipinski definition) is 6. The van der Waals surface area contributed by atoms with E-state index < -0.39 is 27.4 Å². The summed E-state index contributed by atoms with van der Waals surface area (Å²) >= 11 is 0. The van der Waals surface area contributed by atoms with Gasteiger partial charge in [0, 0.05) is 17.5 Å². The van der Waals surface area contributed by atoms with Crippen LogP contribution in [0.25, 0.3) is 10.8 Å². The van der Waals surface area contributed by atoms with Crippen molar-refractivity contribution in [2.75, 3.05) is 13.2 Å². The fourth-order valence-electron chi connectivity index (χ4n) is 4.36. The second-order valence-corrected chi connectivity index (χ2v) is 9.96. The molecule has 10 heteroatoms. The van der Waals surface area contributed by atoms with Gasteiger partial charge in [-0.2, -0.15) is 13.5 Å². The minimum absolute atomic E-state index is 0.0589. The molecule has 0 spiro atoms. The minimum Gasteiger partial charge on any atom is -0.368 e. The van der Waals surface area contributed by atoms with Gasteiger partial charge in [0.25, 0.3) is 10.1 Å². The van der Waals surface area contributed by atoms with Gasteiger partial charge in [-0.15, -0.1) is 0 Å². The highest BCUT2D eigenvalue weighted by Gasteiger charge is 2.45. The maximum atomic E-state index is 14.7. The van der Waals surface area contributed by atoms with Crippen LogP contribution in [-0.4, -0.2) is 36.4 Å². The molecule has 4 aromatic rings. The SMILES string of the molecule is O=S(=O)(OC[C@H]1CO[C@@](Cn2cncn2)(c2ccc(F)cc2F)C1)c1ccc2ccccc2c1. The highest BCUT2D eigenvalue weighted by atomic mass is 32.2. The number of hydrogen-bond donors (Lipinski definition) is 0. The highest BCUT2D eigenvalue weighted by molar-refractivity contribution is 7.86. The number of aromatic nitrogens is 3. The van der Waals surface area contributed by atoms with Crippen LogP contribution in [0.3, 0.4) is 0 Å². The van der Waals surface area contributed by atoms with Gasteiger partial charge in [0.1, 0.15) is 29.9 Å². The molecule has 34 heavy (non-hydrogen) atoms. The number of fused-ring (bicyclic) bond motifs is 1. The van der Waals surface area contributed by atoms with Gasteiger partial charge in [-0.3, -0.25) is 4.18 Å². The number of benzene rings is 3. The molecule has 0 unspecified atom stereocenters. The van der Waals surface area contributed by atoms with Crippen molar-refractivity contribution in [3.05, 3.63) is 90.5 Å². The van der Waals surface area contributed by atoms with Crippen LogP contribution in [-0.2, 0) is 31.2 Å². The third kappa shape index (κ3) is 4.44. The van der Waals surface area contributed by atoms with Crippen molar-refractivity contribution in [1.29, 1.82) is 0 Å². The Labute approximate surface area is 195 Å². The van der Waals surface area contributed by atoms with E-state index in [0.29, 0.717) is 0 Å². The van der Waals surface area contributed by atoms with E-state index in [0.717, 1.165) is 16.8 Å². The quantitative estimate of drug-likeness (QED) is 0.368. The summed E-state index contributed by atoms with van der Waals surface area (Å²) < 4.78 is 66.8. The molecule has 7 nitrogen and oxygen atoms in total. The molecule has 0 bridgehead atoms. The number of ether oxygens (including phenoxy) is 1. The van der Waals surface area contributed by atoms with Crippen LogP contribution in [0, 0.1) is 17.6 Å². The van der Waals surface area contributed by atoms with E-state index in [-0.39, 0.29) is 42.6 Å². The molecule has 0 saturated carbocycles. The Hall–Kier alpha value is -3.21. The van der Waals surface area contributed by atoms with Gasteiger partial charge < -0.3 is 4.74 Å². The van der Waals surface area contributed by atoms with Crippen LogP contribution >= 0.6 is 0 Å². The summed E-state index contributed by atoms with van der Waals surface area (Å²) in [4.78, 5) is 3.97. The van der Waals surface area contributed by atoms with Gasteiger partial charge in [-0.1, -0.05) is 36.4 Å². The fraction of sp³-hybridized carbons (Fsp3) is 0.250. The van der Waals surface area contributed by atoms with Gasteiger partial charge >= 0.3 is 0 Å². The van der Waals surface area contributed by atoms with Crippen LogP contribution in [0.2, 0.25) is 0 Å². The van der Waals surface area contributed by atoms with Gasteiger partial charge in [0.05, 0.1) is 24.7 Å². The lowest BCUT2D eigenvalue weighted by molar-refractivity contribution is -0.0206. The average molecular weight is 486 g/mol. The zero-order valence-electron chi connectivity index (χ0n) is 18.0. The third-order valence-electron chi connectivity index (χ3n) is 5.99. The van der Waals surface area contributed by atoms with Crippen molar-refractivity contribution in [1.82, 2.24) is 14.8 Å². The maximum Gasteiger partial charge on any atom is 0.297 e. The molecular formula is C24H21F2N3O4S. The summed E-state index contributed by atoms with van der Waals surface area (Å²) in [6.07, 6.45) is 3.07. The Morgan fingerprint density at radius 3 is 2.68 bits per heavy atom. The largest absolute Gasteiger partial charge is 0.368 e. The molecule has 0 amide bonds. The zero-order valence-corrected chi connectivity index (χ0v) is 18.8. The van der Waals surface area contributed by atoms with E-state index in [1.807, 2.05) is 24.3 Å². The highest BCUT2D eigenvalue weighted by Crippen LogP contribution is 2.42. The van der Waals surface area contributed by atoms with Crippen LogP contribution in [0.15, 0.2) is 78.2 Å². The van der Waals surface area contributed by atoms with E-state index in [1.54, 1.807) is 12.1 Å². The van der Waals surface area contributed by atoms with E-state index in [2.05, 4.69) is 10.1 Å². The average Bonchev–Trinajstić information content (AvgIpc) is 3.48. The molecule has 176 valence electrons. The molecule has 5 rings (SSSR count). The van der Waals surface area contributed by atoms with E-state index in [9.17, 15) is 17.2 Å². The molecule has 1 fully saturated rings. The van der Waals surface area contributed by atoms with Gasteiger partial charge in [-0.05, 0) is 35.4 Å². The van der Waals surface area contributed by atoms with Gasteiger partial charge in [-0.25, -0.2) is 18.4 Å². The standard InChI is InChI=1S/C24H21F2N3O4S/c25-20-6-8-22(23(26)10-20)24(14-29-16-27-15-28-29)11-17(12-32-24)13-33-34(30,31)21-7-5-18-3-1-2-4-19(18)9-21/h1-10,15-17H,11-14H2/t17-,24+/m1/s1. The summed E-state index contributed by atoms with van der Waals surface area (Å²) in [5.41, 5.74) is -1.00. The third-order valence-corrected chi connectivity index (χ3v) is 7.27. The van der Waals surface area contributed by atoms with Crippen LogP contribution in [0.5, 0.6) is 0 Å². The monoisotopic (exact) mass is 485 g/mol. The zero-order chi connectivity index (χ0) is 23.8. The molecule has 3 aromatic carbocycles. The van der Waals surface area contributed by atoms with Gasteiger partial charge in [0.15, 0.2) is 0 Å². The summed E-state index contributed by atoms with van der Waals surface area (Å²) in [6.45, 7) is 0.124. The number of nitrogens with zero attached hydrogens (tertiary/aromatic N) is 3. The summed E-state index contributed by atoms with van der Waals surface area (Å²) in [6, 6.07) is 15.5. The Morgan fingerprint density at radius 1 is 1.09 bits per heavy atom. The lowest BCUT2D eigenvalue weighted by atomic mass is 9.87. The molecule has 0 aliphatic carbocycles. The molecule has 0 N–H and O–H groups in total. The number of halogens is 2. The predicted molar refractivity (Wildman–Crippen MR) is 119 cm³/mol. The molecule has 0 radical (unpaired) electrons. The van der Waals surface area contributed by atoms with E-state index in [4.69, 9.17) is 8.92 Å². The Morgan fingerprint density at radius 2 is 1.91 bits per heavy atom. The van der Waals surface area contributed by atoms with Crippen LogP contribution in [0.1, 0.15) is 12.0 Å². The van der Waals surface area contributed by atoms with Crippen molar-refractivity contribution >= 4 is 20.9 Å². The lowest BCUT2D eigenvalue weighted by Gasteiger charge is -2.29. The molecule has 1 saturated heterocycles. The van der Waals surface area contributed by atoms with Crippen molar-refractivity contribution in [2.45, 2.75) is 23.5 Å². The molecule has 1 aliphatic heterocycles. The Balaban J connectivity index is 1.35. The van der Waals surface area contributed by atoms with Crippen molar-refractivity contribution in [2.24, 2.45) is 5.92 Å². The Bertz CT molecular complexity index is 1430. The first kappa shape index (κ1) is 22.6. The van der Waals surface area contributed by atoms with Crippen molar-refractivity contribution in [3.63, 3.8) is 0 Å². The van der Waals surface area contributed by atoms with E-state index in [1.165, 1.54) is 35.5 Å². The summed E-state index contributed by atoms with van der Waals surface area (Å²) in [5, 5.41) is 5.78. The molecule has 1 aromatic heterocycles. The fourth-order valence-corrected chi connectivity index (χ4v) is 5.38. The van der Waals surface area contributed by atoms with Gasteiger partial charge in [0.2, 0.25) is 0 Å².